The van der Waals surface area contributed by atoms with Crippen molar-refractivity contribution in [2.45, 2.75) is 67.2 Å². The minimum atomic E-state index is -2.87. The van der Waals surface area contributed by atoms with E-state index >= 15 is 0 Å². The number of hydrogen-bond acceptors (Lipinski definition) is 8. The third-order valence-electron chi connectivity index (χ3n) is 8.96. The molecule has 1 aliphatic heterocycles. The highest BCUT2D eigenvalue weighted by Gasteiger charge is 2.55. The lowest BCUT2D eigenvalue weighted by Crippen LogP contribution is -2.66. The monoisotopic (exact) mass is 682 g/mol. The zero-order valence-electron chi connectivity index (χ0n) is 28.1. The van der Waals surface area contributed by atoms with Gasteiger partial charge in [0, 0.05) is 17.9 Å². The van der Waals surface area contributed by atoms with Gasteiger partial charge >= 0.3 is 11.9 Å². The van der Waals surface area contributed by atoms with E-state index in [1.165, 1.54) is 24.9 Å². The number of esters is 2. The molecule has 0 amide bonds. The van der Waals surface area contributed by atoms with Gasteiger partial charge in [0.25, 0.3) is 8.32 Å². The summed E-state index contributed by atoms with van der Waals surface area (Å²) in [5.41, 5.74) is 0.682. The Morgan fingerprint density at radius 2 is 1.58 bits per heavy atom. The number of thioether (sulfide) groups is 1. The molecule has 0 N–H and O–H groups in total. The number of benzene rings is 3. The lowest BCUT2D eigenvalue weighted by molar-refractivity contribution is -0.144. The molecule has 2 heterocycles. The Labute approximate surface area is 287 Å². The lowest BCUT2D eigenvalue weighted by Gasteiger charge is -2.43. The Kier molecular flexibility index (Phi) is 10.6. The summed E-state index contributed by atoms with van der Waals surface area (Å²) in [5.74, 6) is -1.47. The fourth-order valence-corrected chi connectivity index (χ4v) is 12.6. The number of cyclic esters (lactones) is 1. The maximum Gasteiger partial charge on any atom is 0.341 e. The van der Waals surface area contributed by atoms with E-state index in [4.69, 9.17) is 18.3 Å². The third-order valence-corrected chi connectivity index (χ3v) is 15.4. The van der Waals surface area contributed by atoms with E-state index < -0.39 is 31.1 Å². The zero-order chi connectivity index (χ0) is 34.5. The van der Waals surface area contributed by atoms with E-state index in [1.54, 1.807) is 0 Å². The summed E-state index contributed by atoms with van der Waals surface area (Å²) in [5, 5.41) is 2.09. The molecule has 0 radical (unpaired) electrons. The van der Waals surface area contributed by atoms with Gasteiger partial charge in [-0.05, 0) is 47.0 Å². The highest BCUT2D eigenvalue weighted by Crippen LogP contribution is 2.49. The zero-order valence-corrected chi connectivity index (χ0v) is 29.9. The fraction of sp³-hybridized carbons (Fsp3) is 0.308. The Bertz CT molecular complexity index is 1710. The molecule has 0 saturated carbocycles. The van der Waals surface area contributed by atoms with Crippen molar-refractivity contribution in [3.05, 3.63) is 126 Å². The average Bonchev–Trinajstić information content (AvgIpc) is 3.64. The van der Waals surface area contributed by atoms with E-state index in [9.17, 15) is 14.4 Å². The number of hydrogen-bond donors (Lipinski definition) is 0. The Morgan fingerprint density at radius 3 is 2.08 bits per heavy atom. The molecule has 3 aromatic carbocycles. The fourth-order valence-electron chi connectivity index (χ4n) is 6.74. The van der Waals surface area contributed by atoms with E-state index in [0.717, 1.165) is 15.3 Å². The van der Waals surface area contributed by atoms with Crippen LogP contribution < -0.4 is 10.4 Å². The molecule has 1 aliphatic rings. The summed E-state index contributed by atoms with van der Waals surface area (Å²) >= 11 is 1.48. The van der Waals surface area contributed by atoms with Crippen LogP contribution in [0.5, 0.6) is 0 Å². The lowest BCUT2D eigenvalue weighted by atomic mass is 9.87. The van der Waals surface area contributed by atoms with Gasteiger partial charge in [-0.3, -0.25) is 9.59 Å². The maximum atomic E-state index is 14.2. The number of carbonyl (C=O) groups is 3. The second-order valence-electron chi connectivity index (χ2n) is 13.2. The molecule has 5 rings (SSSR count). The maximum absolute atomic E-state index is 14.2. The topological polar surface area (TPSA) is 92.0 Å². The highest BCUT2D eigenvalue weighted by atomic mass is 32.2. The molecule has 0 bridgehead atoms. The SMILES string of the molecule is C=C(C)[C@H](c1cc(C(=O)OC)c(C=O)o1)[C@@H]1C[C@@](CCO[Si](c2ccccc2)(c2ccccc2)C(C)(C)C)(Sc2ccccc2)C(=O)O1. The summed E-state index contributed by atoms with van der Waals surface area (Å²) in [6.45, 7) is 13.0. The molecule has 0 spiro atoms. The Balaban J connectivity index is 1.52. The minimum Gasteiger partial charge on any atom is -0.465 e. The molecule has 9 heteroatoms. The Morgan fingerprint density at radius 1 is 1.02 bits per heavy atom. The van der Waals surface area contributed by atoms with Crippen molar-refractivity contribution >= 4 is 48.7 Å². The molecular formula is C39H42O7SSi. The number of furan rings is 1. The smallest absolute Gasteiger partial charge is 0.341 e. The number of aldehydes is 1. The summed E-state index contributed by atoms with van der Waals surface area (Å²) in [7, 11) is -1.63. The van der Waals surface area contributed by atoms with Gasteiger partial charge in [0.2, 0.25) is 0 Å². The standard InChI is InChI=1S/C39H42O7SSi/c1-27(2)35(32-24-31(36(41)43-6)34(26-40)45-32)33-25-39(37(42)46-33,47-28-16-10-7-11-17-28)22-23-44-48(38(3,4)5,29-18-12-8-13-19-29)30-20-14-9-15-21-30/h7-21,24,26,33,35H,1,22-23,25H2,2-6H3/t33-,35+,39+/m0/s1. The first-order valence-corrected chi connectivity index (χ1v) is 18.7. The normalized spacial score (nSPS) is 18.6. The van der Waals surface area contributed by atoms with Crippen molar-refractivity contribution < 1.29 is 32.7 Å². The molecule has 0 aliphatic carbocycles. The third kappa shape index (κ3) is 6.85. The second kappa shape index (κ2) is 14.5. The molecule has 4 aromatic rings. The van der Waals surface area contributed by atoms with Gasteiger partial charge in [-0.2, -0.15) is 0 Å². The molecule has 48 heavy (non-hydrogen) atoms. The van der Waals surface area contributed by atoms with E-state index in [1.807, 2.05) is 49.4 Å². The molecular weight excluding hydrogens is 641 g/mol. The summed E-state index contributed by atoms with van der Waals surface area (Å²) in [4.78, 5) is 39.3. The first-order chi connectivity index (χ1) is 23.0. The molecule has 250 valence electrons. The number of methoxy groups -OCH3 is 1. The van der Waals surface area contributed by atoms with Gasteiger partial charge in [0.15, 0.2) is 12.0 Å². The largest absolute Gasteiger partial charge is 0.465 e. The van der Waals surface area contributed by atoms with E-state index in [2.05, 4.69) is 75.9 Å². The average molecular weight is 683 g/mol. The van der Waals surface area contributed by atoms with Crippen molar-refractivity contribution in [1.29, 1.82) is 0 Å². The minimum absolute atomic E-state index is 0.0155. The number of rotatable bonds is 13. The van der Waals surface area contributed by atoms with Crippen LogP contribution in [0.15, 0.2) is 119 Å². The van der Waals surface area contributed by atoms with Gasteiger partial charge in [0.05, 0.1) is 13.0 Å². The Hall–Kier alpha value is -4.18. The second-order valence-corrected chi connectivity index (χ2v) is 18.9. The predicted octanol–water partition coefficient (Wildman–Crippen LogP) is 7.35. The van der Waals surface area contributed by atoms with Crippen LogP contribution >= 0.6 is 11.8 Å². The van der Waals surface area contributed by atoms with Crippen LogP contribution in [0, 0.1) is 0 Å². The number of ether oxygens (including phenoxy) is 2. The summed E-state index contributed by atoms with van der Waals surface area (Å²) in [6, 6.07) is 32.1. The van der Waals surface area contributed by atoms with Crippen molar-refractivity contribution in [2.75, 3.05) is 13.7 Å². The van der Waals surface area contributed by atoms with Gasteiger partial charge in [-0.25, -0.2) is 4.79 Å². The van der Waals surface area contributed by atoms with Crippen LogP contribution in [0.2, 0.25) is 5.04 Å². The van der Waals surface area contributed by atoms with Gasteiger partial charge < -0.3 is 18.3 Å². The summed E-state index contributed by atoms with van der Waals surface area (Å²) < 4.78 is 23.1. The highest BCUT2D eigenvalue weighted by molar-refractivity contribution is 8.01. The first-order valence-electron chi connectivity index (χ1n) is 16.0. The molecule has 1 saturated heterocycles. The van der Waals surface area contributed by atoms with Crippen molar-refractivity contribution in [3.63, 3.8) is 0 Å². The molecule has 0 unspecified atom stereocenters. The van der Waals surface area contributed by atoms with E-state index in [0.29, 0.717) is 37.1 Å². The van der Waals surface area contributed by atoms with E-state index in [-0.39, 0.29) is 22.3 Å². The van der Waals surface area contributed by atoms with Crippen LogP contribution in [0.3, 0.4) is 0 Å². The van der Waals surface area contributed by atoms with Gasteiger partial charge in [-0.15, -0.1) is 11.8 Å². The van der Waals surface area contributed by atoms with Crippen LogP contribution in [0.4, 0.5) is 0 Å². The molecule has 1 fully saturated rings. The quantitative estimate of drug-likeness (QED) is 0.0626. The van der Waals surface area contributed by atoms with Crippen LogP contribution in [0.25, 0.3) is 0 Å². The molecule has 7 nitrogen and oxygen atoms in total. The predicted molar refractivity (Wildman–Crippen MR) is 191 cm³/mol. The molecule has 1 aromatic heterocycles. The van der Waals surface area contributed by atoms with Crippen molar-refractivity contribution in [3.8, 4) is 0 Å². The van der Waals surface area contributed by atoms with Gasteiger partial charge in [-0.1, -0.05) is 112 Å². The van der Waals surface area contributed by atoms with Crippen molar-refractivity contribution in [2.24, 2.45) is 0 Å². The van der Waals surface area contributed by atoms with Crippen molar-refractivity contribution in [1.82, 2.24) is 0 Å². The number of carbonyl (C=O) groups excluding carboxylic acids is 3. The molecule has 3 atom stereocenters. The first kappa shape index (κ1) is 35.1. The van der Waals surface area contributed by atoms with Crippen LogP contribution in [0.1, 0.15) is 73.1 Å². The van der Waals surface area contributed by atoms with Gasteiger partial charge in [0.1, 0.15) is 22.2 Å². The van der Waals surface area contributed by atoms with Crippen LogP contribution in [-0.4, -0.2) is 51.1 Å². The van der Waals surface area contributed by atoms with Crippen LogP contribution in [-0.2, 0) is 18.7 Å². The summed E-state index contributed by atoms with van der Waals surface area (Å²) in [6.07, 6.45) is 0.539.